The van der Waals surface area contributed by atoms with Gasteiger partial charge < -0.3 is 9.47 Å². The minimum Gasteiger partial charge on any atom is -0.465 e. The van der Waals surface area contributed by atoms with Gasteiger partial charge in [-0.15, -0.1) is 0 Å². The predicted molar refractivity (Wildman–Crippen MR) is 138 cm³/mol. The maximum Gasteiger partial charge on any atom is 0.340 e. The fourth-order valence-corrected chi connectivity index (χ4v) is 4.56. The first kappa shape index (κ1) is 27.1. The van der Waals surface area contributed by atoms with Gasteiger partial charge in [-0.3, -0.25) is 9.69 Å². The van der Waals surface area contributed by atoms with Crippen LogP contribution in [0.2, 0.25) is 0 Å². The summed E-state index contributed by atoms with van der Waals surface area (Å²) in [6.07, 6.45) is 1.67. The number of hydrogen-bond donors (Lipinski definition) is 0. The summed E-state index contributed by atoms with van der Waals surface area (Å²) in [5.74, 6) is -1.79. The molecular formula is C30H34FNO4. The van der Waals surface area contributed by atoms with Gasteiger partial charge in [-0.05, 0) is 42.2 Å². The summed E-state index contributed by atoms with van der Waals surface area (Å²) in [5, 5.41) is 0. The Hall–Kier alpha value is -3.51. The standard InChI is InChI=1S/C30H34FNO4/c1-4-12-25(24-15-10-7-11-16-24)28(30(34)36-5-2)32(20-22-13-8-6-9-14-22)21-23-17-18-27(31)26(19-23)29(33)35-3/h6-11,13-19,25,28H,4-5,12,20-21H2,1-3H3/t25-,28-/m0/s1. The van der Waals surface area contributed by atoms with Gasteiger partial charge in [0.15, 0.2) is 0 Å². The van der Waals surface area contributed by atoms with Crippen LogP contribution in [0.1, 0.15) is 59.7 Å². The Kier molecular flexibility index (Phi) is 10.2. The number of hydrogen-bond acceptors (Lipinski definition) is 5. The average Bonchev–Trinajstić information content (AvgIpc) is 2.90. The predicted octanol–water partition coefficient (Wildman–Crippen LogP) is 6.13. The zero-order chi connectivity index (χ0) is 25.9. The van der Waals surface area contributed by atoms with Gasteiger partial charge in [0.25, 0.3) is 0 Å². The zero-order valence-corrected chi connectivity index (χ0v) is 21.2. The van der Waals surface area contributed by atoms with E-state index in [1.807, 2.05) is 60.7 Å². The third-order valence-corrected chi connectivity index (χ3v) is 6.18. The highest BCUT2D eigenvalue weighted by Crippen LogP contribution is 2.32. The molecule has 3 aromatic rings. The molecule has 2 atom stereocenters. The second kappa shape index (κ2) is 13.5. The normalized spacial score (nSPS) is 12.7. The number of ether oxygens (including phenoxy) is 2. The van der Waals surface area contributed by atoms with Crippen molar-refractivity contribution in [3.8, 4) is 0 Å². The Morgan fingerprint density at radius 1 is 0.889 bits per heavy atom. The van der Waals surface area contributed by atoms with Crippen molar-refractivity contribution in [2.75, 3.05) is 13.7 Å². The van der Waals surface area contributed by atoms with Gasteiger partial charge in [-0.25, -0.2) is 9.18 Å². The molecule has 0 unspecified atom stereocenters. The van der Waals surface area contributed by atoms with Crippen molar-refractivity contribution >= 4 is 11.9 Å². The van der Waals surface area contributed by atoms with E-state index in [2.05, 4.69) is 11.8 Å². The Bertz CT molecular complexity index is 1120. The molecule has 0 radical (unpaired) electrons. The molecule has 0 spiro atoms. The molecule has 0 amide bonds. The molecule has 0 saturated heterocycles. The topological polar surface area (TPSA) is 55.8 Å². The summed E-state index contributed by atoms with van der Waals surface area (Å²) in [6.45, 7) is 4.96. The van der Waals surface area contributed by atoms with Crippen LogP contribution in [0.4, 0.5) is 4.39 Å². The second-order valence-corrected chi connectivity index (χ2v) is 8.70. The third-order valence-electron chi connectivity index (χ3n) is 6.18. The van der Waals surface area contributed by atoms with Gasteiger partial charge in [0, 0.05) is 19.0 Å². The highest BCUT2D eigenvalue weighted by atomic mass is 19.1. The number of esters is 2. The van der Waals surface area contributed by atoms with E-state index in [4.69, 9.17) is 9.47 Å². The Balaban J connectivity index is 2.09. The minimum absolute atomic E-state index is 0.112. The van der Waals surface area contributed by atoms with Crippen LogP contribution in [0.15, 0.2) is 78.9 Å². The number of methoxy groups -OCH3 is 1. The molecule has 36 heavy (non-hydrogen) atoms. The molecule has 0 N–H and O–H groups in total. The average molecular weight is 492 g/mol. The highest BCUT2D eigenvalue weighted by Gasteiger charge is 2.36. The van der Waals surface area contributed by atoms with Crippen LogP contribution in [0.25, 0.3) is 0 Å². The first-order chi connectivity index (χ1) is 17.5. The van der Waals surface area contributed by atoms with E-state index in [0.717, 1.165) is 24.0 Å². The molecule has 3 aromatic carbocycles. The minimum atomic E-state index is -0.737. The lowest BCUT2D eigenvalue weighted by atomic mass is 9.86. The zero-order valence-electron chi connectivity index (χ0n) is 21.2. The molecule has 3 rings (SSSR count). The quantitative estimate of drug-likeness (QED) is 0.285. The number of benzene rings is 3. The molecule has 0 aliphatic rings. The van der Waals surface area contributed by atoms with Gasteiger partial charge in [-0.2, -0.15) is 0 Å². The fraction of sp³-hybridized carbons (Fsp3) is 0.333. The van der Waals surface area contributed by atoms with Crippen LogP contribution >= 0.6 is 0 Å². The Morgan fingerprint density at radius 3 is 2.14 bits per heavy atom. The number of nitrogens with zero attached hydrogens (tertiary/aromatic N) is 1. The van der Waals surface area contributed by atoms with Crippen LogP contribution in [-0.4, -0.2) is 36.6 Å². The Labute approximate surface area is 212 Å². The molecule has 0 fully saturated rings. The first-order valence-electron chi connectivity index (χ1n) is 12.3. The first-order valence-corrected chi connectivity index (χ1v) is 12.3. The Morgan fingerprint density at radius 2 is 1.53 bits per heavy atom. The van der Waals surface area contributed by atoms with E-state index in [-0.39, 0.29) is 24.1 Å². The summed E-state index contributed by atoms with van der Waals surface area (Å²) >= 11 is 0. The van der Waals surface area contributed by atoms with Crippen molar-refractivity contribution in [1.29, 1.82) is 0 Å². The van der Waals surface area contributed by atoms with Crippen molar-refractivity contribution in [1.82, 2.24) is 4.90 Å². The lowest BCUT2D eigenvalue weighted by molar-refractivity contribution is -0.151. The number of rotatable bonds is 12. The van der Waals surface area contributed by atoms with Crippen molar-refractivity contribution in [2.24, 2.45) is 0 Å². The van der Waals surface area contributed by atoms with E-state index >= 15 is 0 Å². The highest BCUT2D eigenvalue weighted by molar-refractivity contribution is 5.89. The maximum absolute atomic E-state index is 14.3. The molecule has 5 nitrogen and oxygen atoms in total. The van der Waals surface area contributed by atoms with E-state index in [0.29, 0.717) is 18.7 Å². The summed E-state index contributed by atoms with van der Waals surface area (Å²) in [4.78, 5) is 27.7. The van der Waals surface area contributed by atoms with Gasteiger partial charge in [0.2, 0.25) is 0 Å². The van der Waals surface area contributed by atoms with Crippen molar-refractivity contribution in [3.05, 3.63) is 107 Å². The van der Waals surface area contributed by atoms with Crippen LogP contribution in [0.5, 0.6) is 0 Å². The number of carbonyl (C=O) groups is 2. The van der Waals surface area contributed by atoms with E-state index in [1.54, 1.807) is 13.0 Å². The largest absolute Gasteiger partial charge is 0.465 e. The van der Waals surface area contributed by atoms with E-state index < -0.39 is 17.8 Å². The molecule has 0 aromatic heterocycles. The molecule has 0 aliphatic carbocycles. The van der Waals surface area contributed by atoms with Gasteiger partial charge in [-0.1, -0.05) is 80.1 Å². The van der Waals surface area contributed by atoms with Crippen LogP contribution in [0, 0.1) is 5.82 Å². The summed E-state index contributed by atoms with van der Waals surface area (Å²) in [5.41, 5.74) is 2.66. The maximum atomic E-state index is 14.3. The molecule has 0 aliphatic heterocycles. The molecule has 0 saturated carbocycles. The second-order valence-electron chi connectivity index (χ2n) is 8.70. The molecule has 0 bridgehead atoms. The van der Waals surface area contributed by atoms with Crippen LogP contribution in [0.3, 0.4) is 0 Å². The summed E-state index contributed by atoms with van der Waals surface area (Å²) in [7, 11) is 1.22. The van der Waals surface area contributed by atoms with Crippen molar-refractivity contribution < 1.29 is 23.5 Å². The van der Waals surface area contributed by atoms with Crippen molar-refractivity contribution in [3.63, 3.8) is 0 Å². The van der Waals surface area contributed by atoms with E-state index in [1.165, 1.54) is 19.2 Å². The van der Waals surface area contributed by atoms with Gasteiger partial charge >= 0.3 is 11.9 Å². The van der Waals surface area contributed by atoms with E-state index in [9.17, 15) is 14.0 Å². The third kappa shape index (κ3) is 7.01. The van der Waals surface area contributed by atoms with Gasteiger partial charge in [0.1, 0.15) is 11.9 Å². The molecule has 6 heteroatoms. The summed E-state index contributed by atoms with van der Waals surface area (Å²) < 4.78 is 24.7. The number of halogens is 1. The van der Waals surface area contributed by atoms with Crippen molar-refractivity contribution in [2.45, 2.75) is 51.7 Å². The fourth-order valence-electron chi connectivity index (χ4n) is 4.56. The van der Waals surface area contributed by atoms with Gasteiger partial charge in [0.05, 0.1) is 19.3 Å². The molecular weight excluding hydrogens is 457 g/mol. The smallest absolute Gasteiger partial charge is 0.340 e. The monoisotopic (exact) mass is 491 g/mol. The van der Waals surface area contributed by atoms with Crippen LogP contribution in [-0.2, 0) is 27.4 Å². The molecule has 0 heterocycles. The molecule has 190 valence electrons. The lowest BCUT2D eigenvalue weighted by Gasteiger charge is -2.36. The number of carbonyl (C=O) groups excluding carboxylic acids is 2. The van der Waals surface area contributed by atoms with Crippen LogP contribution < -0.4 is 0 Å². The summed E-state index contributed by atoms with van der Waals surface area (Å²) in [6, 6.07) is 23.7. The lowest BCUT2D eigenvalue weighted by Crippen LogP contribution is -2.45. The SMILES string of the molecule is CCC[C@@H](c1ccccc1)[C@@H](C(=O)OCC)N(Cc1ccccc1)Cc1ccc(F)c(C(=O)OC)c1.